The summed E-state index contributed by atoms with van der Waals surface area (Å²) >= 11 is 0. The molecular formula is C13H29N3O. The van der Waals surface area contributed by atoms with Crippen LogP contribution in [0.15, 0.2) is 0 Å². The molecule has 0 aliphatic rings. The van der Waals surface area contributed by atoms with Crippen LogP contribution >= 0.6 is 0 Å². The summed E-state index contributed by atoms with van der Waals surface area (Å²) in [6.07, 6.45) is 10.5. The van der Waals surface area contributed by atoms with Gasteiger partial charge in [0.25, 0.3) is 0 Å². The number of rotatable bonds is 12. The van der Waals surface area contributed by atoms with Crippen molar-refractivity contribution in [3.63, 3.8) is 0 Å². The van der Waals surface area contributed by atoms with Crippen LogP contribution in [0.5, 0.6) is 0 Å². The summed E-state index contributed by atoms with van der Waals surface area (Å²) in [7, 11) is 0. The summed E-state index contributed by atoms with van der Waals surface area (Å²) < 4.78 is 0. The van der Waals surface area contributed by atoms with Crippen LogP contribution in [0.1, 0.15) is 58.3 Å². The number of nitrogens with two attached hydrogens (primary N) is 2. The van der Waals surface area contributed by atoms with E-state index in [1.54, 1.807) is 0 Å². The Morgan fingerprint density at radius 2 is 1.59 bits per heavy atom. The summed E-state index contributed by atoms with van der Waals surface area (Å²) in [5, 5.41) is 3.15. The van der Waals surface area contributed by atoms with Crippen LogP contribution < -0.4 is 16.8 Å². The number of hydrogen-bond acceptors (Lipinski definition) is 3. The lowest BCUT2D eigenvalue weighted by Gasteiger charge is -2.08. The molecule has 0 fully saturated rings. The quantitative estimate of drug-likeness (QED) is 0.455. The molecule has 4 heteroatoms. The standard InChI is InChI=1S/C13H29N3O/c1-2-3-4-5-6-7-8-9-10-16-11-12(14)13(15)17/h12,16H,2-11,14H2,1H3,(H2,15,17). The lowest BCUT2D eigenvalue weighted by molar-refractivity contribution is -0.119. The minimum absolute atomic E-state index is 0.437. The number of unbranched alkanes of at least 4 members (excludes halogenated alkanes) is 7. The van der Waals surface area contributed by atoms with Crippen LogP contribution in [0.2, 0.25) is 0 Å². The zero-order chi connectivity index (χ0) is 12.9. The third kappa shape index (κ3) is 11.6. The highest BCUT2D eigenvalue weighted by molar-refractivity contribution is 5.79. The maximum atomic E-state index is 10.6. The Bertz CT molecular complexity index is 186. The van der Waals surface area contributed by atoms with E-state index < -0.39 is 11.9 Å². The molecule has 0 bridgehead atoms. The number of primary amides is 1. The second-order valence-corrected chi connectivity index (χ2v) is 4.69. The Labute approximate surface area is 106 Å². The second kappa shape index (κ2) is 11.9. The first-order chi connectivity index (χ1) is 8.18. The normalized spacial score (nSPS) is 12.6. The van der Waals surface area contributed by atoms with E-state index in [1.807, 2.05) is 0 Å². The molecule has 0 radical (unpaired) electrons. The predicted octanol–water partition coefficient (Wildman–Crippen LogP) is 1.53. The molecule has 0 aromatic rings. The maximum absolute atomic E-state index is 10.6. The molecule has 0 aliphatic heterocycles. The lowest BCUT2D eigenvalue weighted by Crippen LogP contribution is -2.44. The Balaban J connectivity index is 3.06. The monoisotopic (exact) mass is 243 g/mol. The van der Waals surface area contributed by atoms with Crippen LogP contribution in [0.3, 0.4) is 0 Å². The van der Waals surface area contributed by atoms with E-state index in [2.05, 4.69) is 12.2 Å². The zero-order valence-electron chi connectivity index (χ0n) is 11.2. The van der Waals surface area contributed by atoms with E-state index in [-0.39, 0.29) is 0 Å². The van der Waals surface area contributed by atoms with Gasteiger partial charge in [-0.3, -0.25) is 4.79 Å². The molecule has 1 amide bonds. The highest BCUT2D eigenvalue weighted by atomic mass is 16.1. The molecule has 0 aromatic carbocycles. The van der Waals surface area contributed by atoms with E-state index in [1.165, 1.54) is 44.9 Å². The van der Waals surface area contributed by atoms with E-state index >= 15 is 0 Å². The molecule has 0 aliphatic carbocycles. The molecule has 0 spiro atoms. The van der Waals surface area contributed by atoms with E-state index in [0.717, 1.165) is 13.0 Å². The average Bonchev–Trinajstić information content (AvgIpc) is 2.31. The summed E-state index contributed by atoms with van der Waals surface area (Å²) in [6, 6.07) is -0.552. The van der Waals surface area contributed by atoms with E-state index in [0.29, 0.717) is 6.54 Å². The average molecular weight is 243 g/mol. The smallest absolute Gasteiger partial charge is 0.235 e. The highest BCUT2D eigenvalue weighted by Gasteiger charge is 2.06. The Kier molecular flexibility index (Phi) is 11.4. The van der Waals surface area contributed by atoms with Crippen LogP contribution in [-0.2, 0) is 4.79 Å². The highest BCUT2D eigenvalue weighted by Crippen LogP contribution is 2.07. The van der Waals surface area contributed by atoms with Crippen molar-refractivity contribution in [1.29, 1.82) is 0 Å². The van der Waals surface area contributed by atoms with Crippen molar-refractivity contribution in [1.82, 2.24) is 5.32 Å². The molecule has 0 aromatic heterocycles. The molecule has 1 unspecified atom stereocenters. The summed E-state index contributed by atoms with van der Waals surface area (Å²) in [5.74, 6) is -0.437. The van der Waals surface area contributed by atoms with Crippen LogP contribution in [0, 0.1) is 0 Å². The van der Waals surface area contributed by atoms with E-state index in [9.17, 15) is 4.79 Å². The molecule has 1 atom stereocenters. The maximum Gasteiger partial charge on any atom is 0.235 e. The van der Waals surface area contributed by atoms with E-state index in [4.69, 9.17) is 11.5 Å². The van der Waals surface area contributed by atoms with Crippen molar-refractivity contribution in [3.8, 4) is 0 Å². The van der Waals surface area contributed by atoms with Gasteiger partial charge in [-0.05, 0) is 13.0 Å². The van der Waals surface area contributed by atoms with Crippen LogP contribution in [-0.4, -0.2) is 25.0 Å². The van der Waals surface area contributed by atoms with Gasteiger partial charge in [-0.15, -0.1) is 0 Å². The van der Waals surface area contributed by atoms with Gasteiger partial charge in [-0.25, -0.2) is 0 Å². The first kappa shape index (κ1) is 16.4. The molecule has 5 N–H and O–H groups in total. The first-order valence-corrected chi connectivity index (χ1v) is 6.94. The topological polar surface area (TPSA) is 81.1 Å². The fourth-order valence-electron chi connectivity index (χ4n) is 1.74. The van der Waals surface area contributed by atoms with Gasteiger partial charge in [-0.1, -0.05) is 51.9 Å². The SMILES string of the molecule is CCCCCCCCCCNCC(N)C(N)=O. The van der Waals surface area contributed by atoms with Crippen LogP contribution in [0.4, 0.5) is 0 Å². The van der Waals surface area contributed by atoms with Gasteiger partial charge in [0.15, 0.2) is 0 Å². The number of nitrogens with one attached hydrogen (secondary N) is 1. The number of amides is 1. The molecular weight excluding hydrogens is 214 g/mol. The molecule has 0 heterocycles. The lowest BCUT2D eigenvalue weighted by atomic mass is 10.1. The minimum Gasteiger partial charge on any atom is -0.368 e. The van der Waals surface area contributed by atoms with Crippen LogP contribution in [0.25, 0.3) is 0 Å². The van der Waals surface area contributed by atoms with Crippen molar-refractivity contribution in [2.45, 2.75) is 64.3 Å². The largest absolute Gasteiger partial charge is 0.368 e. The summed E-state index contributed by atoms with van der Waals surface area (Å²) in [6.45, 7) is 3.66. The van der Waals surface area contributed by atoms with Gasteiger partial charge in [0.05, 0.1) is 6.04 Å². The van der Waals surface area contributed by atoms with Crippen molar-refractivity contribution < 1.29 is 4.79 Å². The Morgan fingerprint density at radius 3 is 2.12 bits per heavy atom. The predicted molar refractivity (Wildman–Crippen MR) is 72.6 cm³/mol. The minimum atomic E-state index is -0.552. The molecule has 0 rings (SSSR count). The fraction of sp³-hybridized carbons (Fsp3) is 0.923. The Morgan fingerprint density at radius 1 is 1.06 bits per heavy atom. The van der Waals surface area contributed by atoms with Crippen molar-refractivity contribution in [2.24, 2.45) is 11.5 Å². The number of carbonyl (C=O) groups is 1. The third-order valence-electron chi connectivity index (χ3n) is 2.94. The van der Waals surface area contributed by atoms with Gasteiger partial charge >= 0.3 is 0 Å². The van der Waals surface area contributed by atoms with Crippen molar-refractivity contribution in [2.75, 3.05) is 13.1 Å². The fourth-order valence-corrected chi connectivity index (χ4v) is 1.74. The van der Waals surface area contributed by atoms with Crippen molar-refractivity contribution in [3.05, 3.63) is 0 Å². The van der Waals surface area contributed by atoms with Crippen molar-refractivity contribution >= 4 is 5.91 Å². The first-order valence-electron chi connectivity index (χ1n) is 6.94. The van der Waals surface area contributed by atoms with Gasteiger partial charge in [0, 0.05) is 6.54 Å². The molecule has 4 nitrogen and oxygen atoms in total. The number of hydrogen-bond donors (Lipinski definition) is 3. The van der Waals surface area contributed by atoms with Gasteiger partial charge in [0.1, 0.15) is 0 Å². The number of carbonyl (C=O) groups excluding carboxylic acids is 1. The molecule has 0 saturated carbocycles. The van der Waals surface area contributed by atoms with Gasteiger partial charge in [-0.2, -0.15) is 0 Å². The third-order valence-corrected chi connectivity index (χ3v) is 2.94. The summed E-state index contributed by atoms with van der Waals surface area (Å²) in [5.41, 5.74) is 10.5. The second-order valence-electron chi connectivity index (χ2n) is 4.69. The molecule has 102 valence electrons. The summed E-state index contributed by atoms with van der Waals surface area (Å²) in [4.78, 5) is 10.6. The zero-order valence-corrected chi connectivity index (χ0v) is 11.2. The van der Waals surface area contributed by atoms with Gasteiger partial charge in [0.2, 0.25) is 5.91 Å². The Hall–Kier alpha value is -0.610. The molecule has 17 heavy (non-hydrogen) atoms. The van der Waals surface area contributed by atoms with Gasteiger partial charge < -0.3 is 16.8 Å². The molecule has 0 saturated heterocycles.